The standard InChI is InChI=1S/C20H16F3N7O/c21-20(22,23)12-2-3-13(25-8-12)9-29(14-4-5-14)19(31)11-1-6-15-16(7-11)30-10-26-28-18(30)17(24)27-15/h1-3,6-8,10,14H,4-5,9H2,(H2,24,27). The third-order valence-corrected chi connectivity index (χ3v) is 5.23. The first kappa shape index (κ1) is 19.2. The molecule has 1 aromatic carbocycles. The monoisotopic (exact) mass is 427 g/mol. The first-order valence-electron chi connectivity index (χ1n) is 9.53. The van der Waals surface area contributed by atoms with Crippen LogP contribution in [0.2, 0.25) is 0 Å². The number of carbonyl (C=O) groups is 1. The summed E-state index contributed by atoms with van der Waals surface area (Å²) in [6, 6.07) is 7.36. The Labute approximate surface area is 173 Å². The fourth-order valence-corrected chi connectivity index (χ4v) is 3.49. The highest BCUT2D eigenvalue weighted by molar-refractivity contribution is 5.98. The number of anilines is 1. The summed E-state index contributed by atoms with van der Waals surface area (Å²) in [5.74, 6) is 0.00112. The van der Waals surface area contributed by atoms with Crippen molar-refractivity contribution in [2.45, 2.75) is 31.6 Å². The molecule has 158 valence electrons. The highest BCUT2D eigenvalue weighted by Gasteiger charge is 2.34. The zero-order valence-corrected chi connectivity index (χ0v) is 16.0. The molecule has 1 saturated carbocycles. The van der Waals surface area contributed by atoms with Crippen LogP contribution in [0.1, 0.15) is 34.5 Å². The van der Waals surface area contributed by atoms with Gasteiger partial charge in [-0.05, 0) is 43.2 Å². The lowest BCUT2D eigenvalue weighted by molar-refractivity contribution is -0.137. The van der Waals surface area contributed by atoms with E-state index in [1.807, 2.05) is 0 Å². The molecule has 3 aromatic heterocycles. The van der Waals surface area contributed by atoms with Crippen LogP contribution in [0.5, 0.6) is 0 Å². The van der Waals surface area contributed by atoms with Crippen molar-refractivity contribution in [3.05, 3.63) is 59.7 Å². The molecule has 0 aliphatic heterocycles. The molecule has 1 fully saturated rings. The second kappa shape index (κ2) is 6.89. The maximum Gasteiger partial charge on any atom is 0.417 e. The van der Waals surface area contributed by atoms with Crippen LogP contribution in [0.25, 0.3) is 16.7 Å². The largest absolute Gasteiger partial charge is 0.417 e. The Bertz CT molecular complexity index is 1300. The zero-order valence-electron chi connectivity index (χ0n) is 16.0. The number of benzene rings is 1. The minimum atomic E-state index is -4.45. The Balaban J connectivity index is 1.47. The summed E-state index contributed by atoms with van der Waals surface area (Å²) < 4.78 is 40.0. The Hall–Kier alpha value is -3.76. The van der Waals surface area contributed by atoms with Crippen LogP contribution < -0.4 is 5.73 Å². The van der Waals surface area contributed by atoms with Crippen molar-refractivity contribution in [2.75, 3.05) is 5.73 Å². The Morgan fingerprint density at radius 2 is 2.03 bits per heavy atom. The molecule has 1 amide bonds. The van der Waals surface area contributed by atoms with E-state index in [2.05, 4.69) is 20.2 Å². The summed E-state index contributed by atoms with van der Waals surface area (Å²) in [6.07, 6.45) is -0.483. The van der Waals surface area contributed by atoms with Crippen molar-refractivity contribution >= 4 is 28.4 Å². The minimum Gasteiger partial charge on any atom is -0.381 e. The number of nitrogen functional groups attached to an aromatic ring is 1. The van der Waals surface area contributed by atoms with E-state index >= 15 is 0 Å². The molecular weight excluding hydrogens is 411 g/mol. The predicted octanol–water partition coefficient (Wildman–Crippen LogP) is 3.08. The second-order valence-electron chi connectivity index (χ2n) is 7.43. The van der Waals surface area contributed by atoms with Crippen molar-refractivity contribution < 1.29 is 18.0 Å². The average Bonchev–Trinajstić information content (AvgIpc) is 3.46. The van der Waals surface area contributed by atoms with Gasteiger partial charge in [-0.2, -0.15) is 13.2 Å². The van der Waals surface area contributed by atoms with Crippen LogP contribution in [0.4, 0.5) is 19.0 Å². The van der Waals surface area contributed by atoms with Gasteiger partial charge >= 0.3 is 6.18 Å². The Morgan fingerprint density at radius 3 is 2.71 bits per heavy atom. The topological polar surface area (TPSA) is 102 Å². The molecule has 8 nitrogen and oxygen atoms in total. The number of aromatic nitrogens is 5. The SMILES string of the molecule is Nc1nc2ccc(C(=O)N(Cc3ccc(C(F)(F)F)cn3)C3CC3)cc2n2cnnc12. The molecule has 0 bridgehead atoms. The summed E-state index contributed by atoms with van der Waals surface area (Å²) in [4.78, 5) is 23.1. The number of amides is 1. The summed E-state index contributed by atoms with van der Waals surface area (Å²) in [7, 11) is 0. The van der Waals surface area contributed by atoms with Gasteiger partial charge in [-0.25, -0.2) is 4.98 Å². The molecule has 3 heterocycles. The van der Waals surface area contributed by atoms with E-state index in [-0.39, 0.29) is 24.3 Å². The Kier molecular flexibility index (Phi) is 4.27. The van der Waals surface area contributed by atoms with Crippen LogP contribution in [-0.4, -0.2) is 41.4 Å². The average molecular weight is 427 g/mol. The lowest BCUT2D eigenvalue weighted by Crippen LogP contribution is -2.33. The van der Waals surface area contributed by atoms with Crippen LogP contribution in [0.15, 0.2) is 42.9 Å². The Morgan fingerprint density at radius 1 is 1.23 bits per heavy atom. The van der Waals surface area contributed by atoms with Gasteiger partial charge in [0.2, 0.25) is 5.65 Å². The second-order valence-corrected chi connectivity index (χ2v) is 7.43. The van der Waals surface area contributed by atoms with Crippen molar-refractivity contribution in [1.82, 2.24) is 29.5 Å². The van der Waals surface area contributed by atoms with Gasteiger partial charge in [0.1, 0.15) is 6.33 Å². The van der Waals surface area contributed by atoms with Gasteiger partial charge in [-0.1, -0.05) is 0 Å². The van der Waals surface area contributed by atoms with E-state index in [0.717, 1.165) is 25.1 Å². The lowest BCUT2D eigenvalue weighted by atomic mass is 10.1. The number of carbonyl (C=O) groups excluding carboxylic acids is 1. The molecule has 31 heavy (non-hydrogen) atoms. The van der Waals surface area contributed by atoms with Crippen LogP contribution >= 0.6 is 0 Å². The smallest absolute Gasteiger partial charge is 0.381 e. The maximum absolute atomic E-state index is 13.3. The molecule has 11 heteroatoms. The van der Waals surface area contributed by atoms with Gasteiger partial charge in [0.05, 0.1) is 28.8 Å². The number of pyridine rings is 1. The molecule has 2 N–H and O–H groups in total. The normalized spacial score (nSPS) is 14.3. The van der Waals surface area contributed by atoms with E-state index in [0.29, 0.717) is 27.9 Å². The van der Waals surface area contributed by atoms with Crippen LogP contribution in [-0.2, 0) is 12.7 Å². The van der Waals surface area contributed by atoms with Crippen molar-refractivity contribution in [2.24, 2.45) is 0 Å². The van der Waals surface area contributed by atoms with Crippen LogP contribution in [0.3, 0.4) is 0 Å². The van der Waals surface area contributed by atoms with Gasteiger partial charge < -0.3 is 10.6 Å². The summed E-state index contributed by atoms with van der Waals surface area (Å²) in [5, 5.41) is 7.79. The molecule has 1 aliphatic rings. The zero-order chi connectivity index (χ0) is 21.8. The maximum atomic E-state index is 13.3. The van der Waals surface area contributed by atoms with E-state index in [4.69, 9.17) is 5.73 Å². The van der Waals surface area contributed by atoms with Gasteiger partial charge in [-0.15, -0.1) is 10.2 Å². The molecular formula is C20H16F3N7O. The van der Waals surface area contributed by atoms with Gasteiger partial charge in [0.15, 0.2) is 5.82 Å². The number of halogens is 3. The third-order valence-electron chi connectivity index (χ3n) is 5.23. The number of nitrogens with zero attached hydrogens (tertiary/aromatic N) is 6. The van der Waals surface area contributed by atoms with Crippen molar-refractivity contribution in [3.8, 4) is 0 Å². The fourth-order valence-electron chi connectivity index (χ4n) is 3.49. The molecule has 0 atom stereocenters. The number of nitrogens with two attached hydrogens (primary N) is 1. The first-order valence-corrected chi connectivity index (χ1v) is 9.53. The number of hydrogen-bond acceptors (Lipinski definition) is 6. The number of hydrogen-bond donors (Lipinski definition) is 1. The summed E-state index contributed by atoms with van der Waals surface area (Å²) >= 11 is 0. The predicted molar refractivity (Wildman–Crippen MR) is 105 cm³/mol. The minimum absolute atomic E-state index is 0.0340. The van der Waals surface area contributed by atoms with E-state index in [1.165, 1.54) is 12.4 Å². The molecule has 1 aliphatic carbocycles. The lowest BCUT2D eigenvalue weighted by Gasteiger charge is -2.22. The van der Waals surface area contributed by atoms with Gasteiger partial charge in [0.25, 0.3) is 5.91 Å². The molecule has 0 unspecified atom stereocenters. The number of alkyl halides is 3. The molecule has 0 spiro atoms. The van der Waals surface area contributed by atoms with Gasteiger partial charge in [0, 0.05) is 17.8 Å². The fraction of sp³-hybridized carbons (Fsp3) is 0.250. The molecule has 5 rings (SSSR count). The van der Waals surface area contributed by atoms with Crippen LogP contribution in [0, 0.1) is 0 Å². The van der Waals surface area contributed by atoms with Crippen molar-refractivity contribution in [1.29, 1.82) is 0 Å². The number of rotatable bonds is 4. The van der Waals surface area contributed by atoms with E-state index in [1.54, 1.807) is 27.5 Å². The molecule has 0 radical (unpaired) electrons. The highest BCUT2D eigenvalue weighted by Crippen LogP contribution is 2.32. The molecule has 4 aromatic rings. The third kappa shape index (κ3) is 3.51. The summed E-state index contributed by atoms with van der Waals surface area (Å²) in [6.45, 7) is 0.127. The van der Waals surface area contributed by atoms with E-state index in [9.17, 15) is 18.0 Å². The van der Waals surface area contributed by atoms with Crippen molar-refractivity contribution in [3.63, 3.8) is 0 Å². The van der Waals surface area contributed by atoms with E-state index < -0.39 is 11.7 Å². The first-order chi connectivity index (χ1) is 14.8. The van der Waals surface area contributed by atoms with Gasteiger partial charge in [-0.3, -0.25) is 14.2 Å². The summed E-state index contributed by atoms with van der Waals surface area (Å²) in [5.41, 5.74) is 7.50. The molecule has 0 saturated heterocycles. The quantitative estimate of drug-likeness (QED) is 0.537. The number of fused-ring (bicyclic) bond motifs is 3. The highest BCUT2D eigenvalue weighted by atomic mass is 19.4.